The summed E-state index contributed by atoms with van der Waals surface area (Å²) in [6, 6.07) is 0. The van der Waals surface area contributed by atoms with Crippen LogP contribution >= 0.6 is 0 Å². The molecule has 0 amide bonds. The summed E-state index contributed by atoms with van der Waals surface area (Å²) in [6.07, 6.45) is 0.769. The van der Waals surface area contributed by atoms with Crippen LogP contribution in [0.2, 0.25) is 18.1 Å². The van der Waals surface area contributed by atoms with E-state index in [-0.39, 0.29) is 16.9 Å². The van der Waals surface area contributed by atoms with E-state index in [4.69, 9.17) is 4.43 Å². The van der Waals surface area contributed by atoms with Gasteiger partial charge in [-0.25, -0.2) is 0 Å². The predicted molar refractivity (Wildman–Crippen MR) is 66.9 cm³/mol. The van der Waals surface area contributed by atoms with Crippen LogP contribution in [0.25, 0.3) is 0 Å². The van der Waals surface area contributed by atoms with Crippen LogP contribution in [0.5, 0.6) is 0 Å². The van der Waals surface area contributed by atoms with Gasteiger partial charge in [-0.15, -0.1) is 0 Å². The molecule has 0 aliphatic heterocycles. The standard InChI is InChI=1S/C12H24O3Si/c1-11(2,3)16(5,6)15-10-8-7-9(13)12(10,4)14/h10,14H,7-8H2,1-6H3/t10-,12-/m0/s1. The highest BCUT2D eigenvalue weighted by Crippen LogP contribution is 2.40. The molecule has 0 spiro atoms. The van der Waals surface area contributed by atoms with Crippen molar-refractivity contribution in [3.8, 4) is 0 Å². The fraction of sp³-hybridized carbons (Fsp3) is 0.917. The van der Waals surface area contributed by atoms with Crippen molar-refractivity contribution < 1.29 is 14.3 Å². The molecule has 94 valence electrons. The van der Waals surface area contributed by atoms with Gasteiger partial charge in [0.25, 0.3) is 0 Å². The number of carbonyl (C=O) groups is 1. The Kier molecular flexibility index (Phi) is 3.41. The molecule has 1 rings (SSSR count). The molecule has 2 atom stereocenters. The second kappa shape index (κ2) is 3.93. The van der Waals surface area contributed by atoms with Crippen molar-refractivity contribution in [1.29, 1.82) is 0 Å². The first-order valence-corrected chi connectivity index (χ1v) is 8.83. The first-order valence-electron chi connectivity index (χ1n) is 5.92. The summed E-state index contributed by atoms with van der Waals surface area (Å²) in [7, 11) is -1.90. The van der Waals surface area contributed by atoms with Gasteiger partial charge in [0.05, 0.1) is 6.10 Å². The van der Waals surface area contributed by atoms with E-state index >= 15 is 0 Å². The number of rotatable bonds is 2. The first-order chi connectivity index (χ1) is 6.98. The molecule has 1 saturated carbocycles. The SMILES string of the molecule is CC(C)(C)[Si](C)(C)O[C@H]1CCC(=O)[C@]1(C)O. The summed E-state index contributed by atoms with van der Waals surface area (Å²) >= 11 is 0. The number of aliphatic hydroxyl groups is 1. The van der Waals surface area contributed by atoms with E-state index in [0.717, 1.165) is 0 Å². The lowest BCUT2D eigenvalue weighted by atomic mass is 10.0. The minimum Gasteiger partial charge on any atom is -0.411 e. The maximum absolute atomic E-state index is 11.5. The zero-order chi connectivity index (χ0) is 12.8. The average molecular weight is 244 g/mol. The Morgan fingerprint density at radius 1 is 1.44 bits per heavy atom. The largest absolute Gasteiger partial charge is 0.411 e. The molecule has 0 aromatic heterocycles. The third-order valence-corrected chi connectivity index (χ3v) is 8.55. The molecule has 0 bridgehead atoms. The third kappa shape index (κ3) is 2.39. The number of carbonyl (C=O) groups excluding carboxylic acids is 1. The van der Waals surface area contributed by atoms with Crippen molar-refractivity contribution in [3.05, 3.63) is 0 Å². The summed E-state index contributed by atoms with van der Waals surface area (Å²) in [5.41, 5.74) is -1.28. The van der Waals surface area contributed by atoms with Gasteiger partial charge >= 0.3 is 0 Å². The Bertz CT molecular complexity index is 289. The number of hydrogen-bond acceptors (Lipinski definition) is 3. The van der Waals surface area contributed by atoms with Gasteiger partial charge in [-0.1, -0.05) is 20.8 Å². The lowest BCUT2D eigenvalue weighted by Gasteiger charge is -2.40. The maximum Gasteiger partial charge on any atom is 0.192 e. The summed E-state index contributed by atoms with van der Waals surface area (Å²) in [5, 5.41) is 10.2. The van der Waals surface area contributed by atoms with E-state index in [0.29, 0.717) is 12.8 Å². The lowest BCUT2D eigenvalue weighted by molar-refractivity contribution is -0.137. The minimum absolute atomic E-state index is 0.0868. The highest BCUT2D eigenvalue weighted by molar-refractivity contribution is 6.74. The maximum atomic E-state index is 11.5. The molecule has 16 heavy (non-hydrogen) atoms. The van der Waals surface area contributed by atoms with Crippen molar-refractivity contribution in [2.45, 2.75) is 70.4 Å². The quantitative estimate of drug-likeness (QED) is 0.759. The van der Waals surface area contributed by atoms with Gasteiger partial charge in [0.1, 0.15) is 5.60 Å². The minimum atomic E-state index is -1.90. The fourth-order valence-corrected chi connectivity index (χ4v) is 3.09. The second-order valence-corrected chi connectivity index (χ2v) is 11.2. The average Bonchev–Trinajstić information content (AvgIpc) is 2.29. The molecule has 1 fully saturated rings. The Morgan fingerprint density at radius 3 is 2.25 bits per heavy atom. The number of ketones is 1. The molecular weight excluding hydrogens is 220 g/mol. The van der Waals surface area contributed by atoms with E-state index in [2.05, 4.69) is 33.9 Å². The van der Waals surface area contributed by atoms with Gasteiger partial charge in [0.15, 0.2) is 14.1 Å². The fourth-order valence-electron chi connectivity index (χ4n) is 1.68. The van der Waals surface area contributed by atoms with Crippen molar-refractivity contribution in [3.63, 3.8) is 0 Å². The van der Waals surface area contributed by atoms with Crippen molar-refractivity contribution >= 4 is 14.1 Å². The van der Waals surface area contributed by atoms with Crippen LogP contribution in [0, 0.1) is 0 Å². The van der Waals surface area contributed by atoms with Gasteiger partial charge in [0, 0.05) is 6.42 Å². The Hall–Kier alpha value is -0.193. The van der Waals surface area contributed by atoms with Gasteiger partial charge in [0.2, 0.25) is 0 Å². The molecule has 0 saturated heterocycles. The molecule has 0 heterocycles. The zero-order valence-electron chi connectivity index (χ0n) is 11.3. The predicted octanol–water partition coefficient (Wildman–Crippen LogP) is 2.49. The monoisotopic (exact) mass is 244 g/mol. The Balaban J connectivity index is 2.80. The van der Waals surface area contributed by atoms with Crippen LogP contribution in [0.1, 0.15) is 40.5 Å². The lowest BCUT2D eigenvalue weighted by Crippen LogP contribution is -2.51. The molecule has 0 aromatic rings. The molecular formula is C12H24O3Si. The normalized spacial score (nSPS) is 32.2. The highest BCUT2D eigenvalue weighted by atomic mass is 28.4. The topological polar surface area (TPSA) is 46.5 Å². The van der Waals surface area contributed by atoms with Gasteiger partial charge in [-0.3, -0.25) is 4.79 Å². The Labute approximate surface area is 99.3 Å². The van der Waals surface area contributed by atoms with Crippen LogP contribution in [-0.2, 0) is 9.22 Å². The van der Waals surface area contributed by atoms with Crippen molar-refractivity contribution in [2.24, 2.45) is 0 Å². The van der Waals surface area contributed by atoms with Gasteiger partial charge in [-0.2, -0.15) is 0 Å². The summed E-state index contributed by atoms with van der Waals surface area (Å²) in [5.74, 6) is -0.0868. The first kappa shape index (κ1) is 13.9. The smallest absolute Gasteiger partial charge is 0.192 e. The van der Waals surface area contributed by atoms with Crippen LogP contribution in [0.4, 0.5) is 0 Å². The summed E-state index contributed by atoms with van der Waals surface area (Å²) < 4.78 is 6.12. The molecule has 1 aliphatic carbocycles. The Morgan fingerprint density at radius 2 is 1.94 bits per heavy atom. The molecule has 4 heteroatoms. The second-order valence-electron chi connectivity index (χ2n) is 6.48. The van der Waals surface area contributed by atoms with Crippen LogP contribution in [0.15, 0.2) is 0 Å². The molecule has 1 aliphatic rings. The van der Waals surface area contributed by atoms with E-state index < -0.39 is 13.9 Å². The molecule has 1 N–H and O–H groups in total. The molecule has 0 aromatic carbocycles. The van der Waals surface area contributed by atoms with Crippen molar-refractivity contribution in [2.75, 3.05) is 0 Å². The highest BCUT2D eigenvalue weighted by Gasteiger charge is 2.49. The van der Waals surface area contributed by atoms with E-state index in [1.165, 1.54) is 0 Å². The zero-order valence-corrected chi connectivity index (χ0v) is 12.3. The van der Waals surface area contributed by atoms with Crippen LogP contribution in [-0.4, -0.2) is 30.9 Å². The van der Waals surface area contributed by atoms with Gasteiger partial charge < -0.3 is 9.53 Å². The third-order valence-electron chi connectivity index (χ3n) is 4.07. The van der Waals surface area contributed by atoms with Gasteiger partial charge in [-0.05, 0) is 31.5 Å². The summed E-state index contributed by atoms with van der Waals surface area (Å²) in [4.78, 5) is 11.5. The van der Waals surface area contributed by atoms with E-state index in [1.807, 2.05) is 0 Å². The number of hydrogen-bond donors (Lipinski definition) is 1. The molecule has 0 radical (unpaired) electrons. The van der Waals surface area contributed by atoms with Crippen LogP contribution < -0.4 is 0 Å². The van der Waals surface area contributed by atoms with Crippen molar-refractivity contribution in [1.82, 2.24) is 0 Å². The van der Waals surface area contributed by atoms with E-state index in [1.54, 1.807) is 6.92 Å². The van der Waals surface area contributed by atoms with Crippen LogP contribution in [0.3, 0.4) is 0 Å². The summed E-state index contributed by atoms with van der Waals surface area (Å²) in [6.45, 7) is 12.3. The number of Topliss-reactive ketones (excluding diaryl/α,β-unsaturated/α-hetero) is 1. The van der Waals surface area contributed by atoms with E-state index in [9.17, 15) is 9.90 Å². The molecule has 0 unspecified atom stereocenters. The molecule has 3 nitrogen and oxygen atoms in total.